The molecule has 1 fully saturated rings. The lowest BCUT2D eigenvalue weighted by atomic mass is 9.97. The Hall–Kier alpha value is -1.02. The zero-order valence-electron chi connectivity index (χ0n) is 16.2. The van der Waals surface area contributed by atoms with E-state index >= 15 is 0 Å². The number of ether oxygens (including phenoxy) is 1. The molecule has 1 aliphatic rings. The van der Waals surface area contributed by atoms with Crippen LogP contribution in [0.15, 0.2) is 36.1 Å². The minimum Gasteiger partial charge on any atom is -0.495 e. The van der Waals surface area contributed by atoms with Gasteiger partial charge in [-0.2, -0.15) is 0 Å². The van der Waals surface area contributed by atoms with Gasteiger partial charge in [0.15, 0.2) is 0 Å². The van der Waals surface area contributed by atoms with Gasteiger partial charge < -0.3 is 9.84 Å². The molecule has 0 aromatic rings. The van der Waals surface area contributed by atoms with Gasteiger partial charge in [0.2, 0.25) is 0 Å². The first-order chi connectivity index (χ1) is 9.88. The van der Waals surface area contributed by atoms with Crippen molar-refractivity contribution in [1.29, 1.82) is 0 Å². The third-order valence-electron chi connectivity index (χ3n) is 2.83. The molecule has 0 aromatic heterocycles. The van der Waals surface area contributed by atoms with Crippen LogP contribution in [0.1, 0.15) is 76.2 Å². The first-order valence-electron chi connectivity index (χ1n) is 8.21. The minimum atomic E-state index is -0.287. The zero-order valence-corrected chi connectivity index (χ0v) is 16.2. The summed E-state index contributed by atoms with van der Waals surface area (Å²) in [7, 11) is 0. The second-order valence-corrected chi connectivity index (χ2v) is 7.38. The van der Waals surface area contributed by atoms with E-state index in [9.17, 15) is 0 Å². The molecule has 0 aliphatic carbocycles. The summed E-state index contributed by atoms with van der Waals surface area (Å²) >= 11 is 0. The maximum Gasteiger partial charge on any atom is 0.0961 e. The SMILES string of the molecule is C.C/C=C/C(C)(C)C.C=C1OC(C)CC1C.CC(C)=CC(C)O. The first kappa shape index (κ1) is 26.9. The lowest BCUT2D eigenvalue weighted by molar-refractivity contribution is 0.178. The Balaban J connectivity index is -0.000000257. The number of aliphatic hydroxyl groups is 1. The van der Waals surface area contributed by atoms with Gasteiger partial charge in [-0.3, -0.25) is 0 Å². The second kappa shape index (κ2) is 13.4. The molecule has 23 heavy (non-hydrogen) atoms. The Morgan fingerprint density at radius 3 is 1.83 bits per heavy atom. The van der Waals surface area contributed by atoms with Gasteiger partial charge in [0, 0.05) is 5.92 Å². The molecule has 0 radical (unpaired) electrons. The van der Waals surface area contributed by atoms with Crippen LogP contribution < -0.4 is 0 Å². The maximum atomic E-state index is 8.65. The Morgan fingerprint density at radius 2 is 1.78 bits per heavy atom. The summed E-state index contributed by atoms with van der Waals surface area (Å²) in [6, 6.07) is 0. The average Bonchev–Trinajstić information content (AvgIpc) is 2.53. The fourth-order valence-corrected chi connectivity index (χ4v) is 2.03. The van der Waals surface area contributed by atoms with Crippen molar-refractivity contribution in [1.82, 2.24) is 0 Å². The number of allylic oxidation sites excluding steroid dienone is 4. The minimum absolute atomic E-state index is 0. The molecule has 1 saturated heterocycles. The molecule has 3 unspecified atom stereocenters. The van der Waals surface area contributed by atoms with E-state index in [4.69, 9.17) is 9.84 Å². The predicted octanol–water partition coefficient (Wildman–Crippen LogP) is 6.52. The Kier molecular flexibility index (Phi) is 15.7. The lowest BCUT2D eigenvalue weighted by Crippen LogP contribution is -1.97. The van der Waals surface area contributed by atoms with Crippen molar-refractivity contribution in [3.63, 3.8) is 0 Å². The predicted molar refractivity (Wildman–Crippen MR) is 106 cm³/mol. The van der Waals surface area contributed by atoms with Crippen LogP contribution in [-0.4, -0.2) is 17.3 Å². The van der Waals surface area contributed by atoms with Crippen molar-refractivity contribution in [3.8, 4) is 0 Å². The standard InChI is InChI=1S/C7H12O.C7H14.C6H12O.CH4/c1-5-4-6(2)8-7(5)3;1-5-6-7(2,3)4;1-5(2)4-6(3)7;/h5-6H,3-4H2,1-2H3;5-6H,1-4H3;4,6-7H,1-3H3;1H4/b;6-5+;;. The molecule has 3 atom stereocenters. The Labute approximate surface area is 146 Å². The molecule has 0 saturated carbocycles. The molecule has 0 spiro atoms. The molecule has 1 rings (SSSR count). The van der Waals surface area contributed by atoms with Crippen molar-refractivity contribution >= 4 is 0 Å². The van der Waals surface area contributed by atoms with Crippen LogP contribution in [-0.2, 0) is 4.74 Å². The average molecular weight is 327 g/mol. The van der Waals surface area contributed by atoms with Gasteiger partial charge in [-0.05, 0) is 46.5 Å². The van der Waals surface area contributed by atoms with E-state index < -0.39 is 0 Å². The highest BCUT2D eigenvalue weighted by molar-refractivity contribution is 4.96. The van der Waals surface area contributed by atoms with Crippen LogP contribution in [0, 0.1) is 11.3 Å². The molecule has 138 valence electrons. The highest BCUT2D eigenvalue weighted by Crippen LogP contribution is 2.26. The second-order valence-electron chi connectivity index (χ2n) is 7.38. The van der Waals surface area contributed by atoms with Gasteiger partial charge >= 0.3 is 0 Å². The molecule has 1 aliphatic heterocycles. The summed E-state index contributed by atoms with van der Waals surface area (Å²) in [6.45, 7) is 22.3. The zero-order chi connectivity index (χ0) is 17.9. The van der Waals surface area contributed by atoms with Crippen LogP contribution in [0.4, 0.5) is 0 Å². The van der Waals surface area contributed by atoms with Gasteiger partial charge in [-0.25, -0.2) is 0 Å². The molecular weight excluding hydrogens is 284 g/mol. The highest BCUT2D eigenvalue weighted by Gasteiger charge is 2.21. The van der Waals surface area contributed by atoms with E-state index in [0.29, 0.717) is 17.4 Å². The van der Waals surface area contributed by atoms with E-state index in [-0.39, 0.29) is 13.5 Å². The largest absolute Gasteiger partial charge is 0.495 e. The first-order valence-corrected chi connectivity index (χ1v) is 8.21. The Bertz CT molecular complexity index is 353. The van der Waals surface area contributed by atoms with E-state index in [1.165, 1.54) is 0 Å². The molecule has 0 aromatic carbocycles. The number of hydrogen-bond donors (Lipinski definition) is 1. The maximum absolute atomic E-state index is 8.65. The fraction of sp³-hybridized carbons (Fsp3) is 0.714. The normalized spacial score (nSPS) is 21.0. The van der Waals surface area contributed by atoms with Gasteiger partial charge in [0.05, 0.1) is 18.0 Å². The smallest absolute Gasteiger partial charge is 0.0961 e. The van der Waals surface area contributed by atoms with Crippen LogP contribution in [0.3, 0.4) is 0 Å². The molecule has 1 heterocycles. The molecular formula is C21H42O2. The van der Waals surface area contributed by atoms with E-state index in [1.54, 1.807) is 13.0 Å². The molecule has 1 N–H and O–H groups in total. The summed E-state index contributed by atoms with van der Waals surface area (Å²) in [6.07, 6.45) is 7.33. The van der Waals surface area contributed by atoms with Crippen molar-refractivity contribution in [2.24, 2.45) is 11.3 Å². The van der Waals surface area contributed by atoms with Crippen LogP contribution >= 0.6 is 0 Å². The molecule has 0 bridgehead atoms. The van der Waals surface area contributed by atoms with E-state index in [0.717, 1.165) is 17.8 Å². The lowest BCUT2D eigenvalue weighted by Gasteiger charge is -2.09. The van der Waals surface area contributed by atoms with Crippen LogP contribution in [0.5, 0.6) is 0 Å². The third-order valence-corrected chi connectivity index (χ3v) is 2.83. The number of rotatable bonds is 1. The van der Waals surface area contributed by atoms with Crippen molar-refractivity contribution in [2.45, 2.75) is 88.4 Å². The fourth-order valence-electron chi connectivity index (χ4n) is 2.03. The number of aliphatic hydroxyl groups excluding tert-OH is 1. The van der Waals surface area contributed by atoms with E-state index in [1.807, 2.05) is 20.8 Å². The quantitative estimate of drug-likeness (QED) is 0.555. The van der Waals surface area contributed by atoms with Crippen LogP contribution in [0.2, 0.25) is 0 Å². The van der Waals surface area contributed by atoms with Gasteiger partial charge in [-0.1, -0.05) is 65.5 Å². The monoisotopic (exact) mass is 326 g/mol. The summed E-state index contributed by atoms with van der Waals surface area (Å²) in [5, 5.41) is 8.65. The van der Waals surface area contributed by atoms with Gasteiger partial charge in [0.25, 0.3) is 0 Å². The molecule has 2 heteroatoms. The highest BCUT2D eigenvalue weighted by atomic mass is 16.5. The van der Waals surface area contributed by atoms with Crippen molar-refractivity contribution < 1.29 is 9.84 Å². The third kappa shape index (κ3) is 21.0. The number of hydrogen-bond acceptors (Lipinski definition) is 2. The topological polar surface area (TPSA) is 29.5 Å². The van der Waals surface area contributed by atoms with Gasteiger partial charge in [0.1, 0.15) is 0 Å². The van der Waals surface area contributed by atoms with Crippen molar-refractivity contribution in [2.75, 3.05) is 0 Å². The molecule has 2 nitrogen and oxygen atoms in total. The summed E-state index contributed by atoms with van der Waals surface area (Å²) in [5.41, 5.74) is 1.53. The van der Waals surface area contributed by atoms with Gasteiger partial charge in [-0.15, -0.1) is 0 Å². The Morgan fingerprint density at radius 1 is 1.30 bits per heavy atom. The summed E-state index contributed by atoms with van der Waals surface area (Å²) < 4.78 is 5.28. The van der Waals surface area contributed by atoms with E-state index in [2.05, 4.69) is 53.3 Å². The summed E-state index contributed by atoms with van der Waals surface area (Å²) in [4.78, 5) is 0. The summed E-state index contributed by atoms with van der Waals surface area (Å²) in [5.74, 6) is 1.53. The molecule has 0 amide bonds. The van der Waals surface area contributed by atoms with Crippen LogP contribution in [0.25, 0.3) is 0 Å². The van der Waals surface area contributed by atoms with Crippen molar-refractivity contribution in [3.05, 3.63) is 36.1 Å².